The van der Waals surface area contributed by atoms with Crippen molar-refractivity contribution in [2.24, 2.45) is 5.92 Å². The number of aromatic amines is 1. The maximum absolute atomic E-state index is 13.5. The van der Waals surface area contributed by atoms with Crippen LogP contribution in [0.25, 0.3) is 0 Å². The lowest BCUT2D eigenvalue weighted by molar-refractivity contribution is -0.119. The number of H-pyrrole nitrogens is 1. The van der Waals surface area contributed by atoms with E-state index >= 15 is 0 Å². The Bertz CT molecular complexity index is 1190. The number of anilines is 2. The normalized spacial score (nSPS) is 24.0. The highest BCUT2D eigenvalue weighted by Gasteiger charge is 2.43. The predicted octanol–water partition coefficient (Wildman–Crippen LogP) is 2.79. The number of fused-ring (bicyclic) bond motifs is 1. The molecule has 1 aromatic heterocycles. The lowest BCUT2D eigenvalue weighted by atomic mass is 9.78. The van der Waals surface area contributed by atoms with Gasteiger partial charge in [-0.05, 0) is 39.2 Å². The molecule has 34 heavy (non-hydrogen) atoms. The van der Waals surface area contributed by atoms with E-state index in [0.29, 0.717) is 23.0 Å². The smallest absolute Gasteiger partial charge is 0.258 e. The summed E-state index contributed by atoms with van der Waals surface area (Å²) in [7, 11) is 4.42. The molecule has 180 valence electrons. The highest BCUT2D eigenvalue weighted by Crippen LogP contribution is 2.48. The zero-order chi connectivity index (χ0) is 24.6. The summed E-state index contributed by atoms with van der Waals surface area (Å²) in [6.45, 7) is 4.19. The first-order valence-electron chi connectivity index (χ1n) is 11.3. The summed E-state index contributed by atoms with van der Waals surface area (Å²) in [6, 6.07) is 5.77. The average Bonchev–Trinajstić information content (AvgIpc) is 2.81. The molecular weight excluding hydrogens is 438 g/mol. The van der Waals surface area contributed by atoms with Gasteiger partial charge in [-0.3, -0.25) is 14.6 Å². The number of nitriles is 1. The van der Waals surface area contributed by atoms with Crippen molar-refractivity contribution in [1.29, 1.82) is 5.26 Å². The van der Waals surface area contributed by atoms with Gasteiger partial charge in [-0.2, -0.15) is 10.2 Å². The van der Waals surface area contributed by atoms with E-state index in [4.69, 9.17) is 14.2 Å². The first-order valence-corrected chi connectivity index (χ1v) is 11.3. The SMILES string of the molecule is COc1ccc(C2c3c(nc(N4C(C)CCCC4C)[nH]c3=O)NC(=O)C2C#N)c(OC)c1OC. The molecule has 0 bridgehead atoms. The van der Waals surface area contributed by atoms with Crippen molar-refractivity contribution in [3.05, 3.63) is 33.6 Å². The van der Waals surface area contributed by atoms with E-state index in [9.17, 15) is 14.9 Å². The fourth-order valence-corrected chi connectivity index (χ4v) is 5.17. The Morgan fingerprint density at radius 3 is 2.32 bits per heavy atom. The molecule has 2 aliphatic rings. The summed E-state index contributed by atoms with van der Waals surface area (Å²) in [5, 5.41) is 12.6. The fourth-order valence-electron chi connectivity index (χ4n) is 5.17. The molecule has 1 fully saturated rings. The van der Waals surface area contributed by atoms with Gasteiger partial charge in [0.2, 0.25) is 17.6 Å². The number of ether oxygens (including phenoxy) is 3. The molecular formula is C24H29N5O5. The van der Waals surface area contributed by atoms with Crippen molar-refractivity contribution in [3.63, 3.8) is 0 Å². The van der Waals surface area contributed by atoms with E-state index in [1.165, 1.54) is 21.3 Å². The molecule has 2 aromatic rings. The number of rotatable bonds is 5. The largest absolute Gasteiger partial charge is 0.493 e. The molecule has 2 aliphatic heterocycles. The Balaban J connectivity index is 1.92. The summed E-state index contributed by atoms with van der Waals surface area (Å²) < 4.78 is 16.4. The van der Waals surface area contributed by atoms with Crippen LogP contribution in [0.3, 0.4) is 0 Å². The molecule has 10 heteroatoms. The minimum absolute atomic E-state index is 0.155. The summed E-state index contributed by atoms with van der Waals surface area (Å²) in [4.78, 5) is 36.1. The van der Waals surface area contributed by atoms with Crippen molar-refractivity contribution < 1.29 is 19.0 Å². The number of piperidine rings is 1. The molecule has 4 atom stereocenters. The van der Waals surface area contributed by atoms with Crippen molar-refractivity contribution in [2.75, 3.05) is 31.5 Å². The summed E-state index contributed by atoms with van der Waals surface area (Å²) in [5.41, 5.74) is 0.257. The summed E-state index contributed by atoms with van der Waals surface area (Å²) >= 11 is 0. The zero-order valence-electron chi connectivity index (χ0n) is 20.0. The van der Waals surface area contributed by atoms with E-state index in [1.54, 1.807) is 12.1 Å². The molecule has 0 radical (unpaired) electrons. The number of nitrogens with one attached hydrogen (secondary N) is 2. The van der Waals surface area contributed by atoms with Crippen molar-refractivity contribution in [2.45, 2.75) is 51.1 Å². The van der Waals surface area contributed by atoms with Crippen LogP contribution in [0, 0.1) is 17.2 Å². The average molecular weight is 468 g/mol. The Morgan fingerprint density at radius 2 is 1.74 bits per heavy atom. The molecule has 4 rings (SSSR count). The standard InChI is InChI=1S/C24H29N5O5/c1-12-7-6-8-13(2)29(12)24-27-21-18(23(31)28-24)17(15(11-25)22(30)26-21)14-9-10-16(32-3)20(34-5)19(14)33-4/h9-10,12-13,15,17H,6-8H2,1-5H3,(H2,26,27,28,30,31). The number of amides is 1. The van der Waals surface area contributed by atoms with Crippen LogP contribution in [-0.2, 0) is 4.79 Å². The van der Waals surface area contributed by atoms with Crippen LogP contribution in [0.1, 0.15) is 50.2 Å². The molecule has 1 amide bonds. The topological polar surface area (TPSA) is 130 Å². The highest BCUT2D eigenvalue weighted by atomic mass is 16.5. The van der Waals surface area contributed by atoms with E-state index in [-0.39, 0.29) is 29.2 Å². The first-order chi connectivity index (χ1) is 16.4. The molecule has 1 saturated heterocycles. The van der Waals surface area contributed by atoms with Gasteiger partial charge in [-0.1, -0.05) is 6.07 Å². The van der Waals surface area contributed by atoms with Crippen molar-refractivity contribution in [1.82, 2.24) is 9.97 Å². The third kappa shape index (κ3) is 3.71. The predicted molar refractivity (Wildman–Crippen MR) is 126 cm³/mol. The summed E-state index contributed by atoms with van der Waals surface area (Å²) in [6.07, 6.45) is 3.08. The fraction of sp³-hybridized carbons (Fsp3) is 0.500. The van der Waals surface area contributed by atoms with Crippen LogP contribution in [-0.4, -0.2) is 49.3 Å². The van der Waals surface area contributed by atoms with Gasteiger partial charge in [0.15, 0.2) is 11.5 Å². The van der Waals surface area contributed by atoms with Gasteiger partial charge in [0.05, 0.1) is 33.0 Å². The van der Waals surface area contributed by atoms with Gasteiger partial charge < -0.3 is 24.4 Å². The molecule has 0 spiro atoms. The third-order valence-electron chi connectivity index (χ3n) is 6.76. The maximum Gasteiger partial charge on any atom is 0.258 e. The van der Waals surface area contributed by atoms with Gasteiger partial charge in [0, 0.05) is 23.6 Å². The molecule has 3 heterocycles. The van der Waals surface area contributed by atoms with Crippen molar-refractivity contribution in [3.8, 4) is 23.3 Å². The van der Waals surface area contributed by atoms with Gasteiger partial charge in [0.25, 0.3) is 5.56 Å². The Labute approximate surface area is 197 Å². The second-order valence-corrected chi connectivity index (χ2v) is 8.69. The minimum atomic E-state index is -1.17. The van der Waals surface area contributed by atoms with Crippen LogP contribution in [0.5, 0.6) is 17.2 Å². The van der Waals surface area contributed by atoms with Crippen LogP contribution < -0.4 is 30.0 Å². The molecule has 2 N–H and O–H groups in total. The van der Waals surface area contributed by atoms with Gasteiger partial charge in [-0.15, -0.1) is 0 Å². The lowest BCUT2D eigenvalue weighted by Gasteiger charge is -2.40. The zero-order valence-corrected chi connectivity index (χ0v) is 20.0. The van der Waals surface area contributed by atoms with E-state index in [2.05, 4.69) is 34.0 Å². The van der Waals surface area contributed by atoms with Gasteiger partial charge in [0.1, 0.15) is 11.7 Å². The molecule has 4 unspecified atom stereocenters. The molecule has 0 saturated carbocycles. The summed E-state index contributed by atoms with van der Waals surface area (Å²) in [5.74, 6) is -1.02. The number of methoxy groups -OCH3 is 3. The third-order valence-corrected chi connectivity index (χ3v) is 6.76. The van der Waals surface area contributed by atoms with E-state index in [0.717, 1.165) is 19.3 Å². The molecule has 0 aliphatic carbocycles. The lowest BCUT2D eigenvalue weighted by Crippen LogP contribution is -2.46. The second kappa shape index (κ2) is 9.25. The number of nitrogens with zero attached hydrogens (tertiary/aromatic N) is 3. The van der Waals surface area contributed by atoms with Crippen LogP contribution in [0.15, 0.2) is 16.9 Å². The Hall–Kier alpha value is -3.74. The Kier molecular flexibility index (Phi) is 6.37. The number of carbonyl (C=O) groups excluding carboxylic acids is 1. The number of hydrogen-bond donors (Lipinski definition) is 2. The van der Waals surface area contributed by atoms with Crippen molar-refractivity contribution >= 4 is 17.7 Å². The maximum atomic E-state index is 13.5. The van der Waals surface area contributed by atoms with E-state index in [1.807, 2.05) is 6.07 Å². The molecule has 10 nitrogen and oxygen atoms in total. The number of aromatic nitrogens is 2. The first kappa shape index (κ1) is 23.4. The van der Waals surface area contributed by atoms with Gasteiger partial charge in [-0.25, -0.2) is 0 Å². The van der Waals surface area contributed by atoms with Crippen LogP contribution >= 0.6 is 0 Å². The second-order valence-electron chi connectivity index (χ2n) is 8.69. The van der Waals surface area contributed by atoms with Crippen LogP contribution in [0.4, 0.5) is 11.8 Å². The van der Waals surface area contributed by atoms with Crippen LogP contribution in [0.2, 0.25) is 0 Å². The quantitative estimate of drug-likeness (QED) is 0.687. The molecule has 1 aromatic carbocycles. The number of benzene rings is 1. The van der Waals surface area contributed by atoms with Gasteiger partial charge >= 0.3 is 0 Å². The number of hydrogen-bond acceptors (Lipinski definition) is 8. The highest BCUT2D eigenvalue weighted by molar-refractivity contribution is 5.98. The number of carbonyl (C=O) groups is 1. The van der Waals surface area contributed by atoms with E-state index < -0.39 is 23.3 Å². The minimum Gasteiger partial charge on any atom is -0.493 e. The Morgan fingerprint density at radius 1 is 1.06 bits per heavy atom. The monoisotopic (exact) mass is 467 g/mol.